The zero-order chi connectivity index (χ0) is 27.9. The van der Waals surface area contributed by atoms with Gasteiger partial charge in [-0.05, 0) is 67.7 Å². The summed E-state index contributed by atoms with van der Waals surface area (Å²) < 4.78 is 29.8. The predicted octanol–water partition coefficient (Wildman–Crippen LogP) is 5.74. The number of rotatable bonds is 10. The average molecular weight is 548 g/mol. The lowest BCUT2D eigenvalue weighted by Gasteiger charge is -2.27. The van der Waals surface area contributed by atoms with E-state index in [1.807, 2.05) is 12.1 Å². The Morgan fingerprint density at radius 1 is 1.03 bits per heavy atom. The molecule has 1 fully saturated rings. The van der Waals surface area contributed by atoms with Crippen LogP contribution in [0.2, 0.25) is 0 Å². The van der Waals surface area contributed by atoms with Crippen molar-refractivity contribution in [3.05, 3.63) is 51.7 Å². The highest BCUT2D eigenvalue weighted by molar-refractivity contribution is 5.86. The lowest BCUT2D eigenvalue weighted by Crippen LogP contribution is -2.45. The molecule has 2 aromatic rings. The number of anilines is 1. The van der Waals surface area contributed by atoms with Crippen LogP contribution >= 0.6 is 0 Å². The third kappa shape index (κ3) is 7.14. The van der Waals surface area contributed by atoms with E-state index in [9.17, 15) is 23.2 Å². The number of carbonyl (C=O) groups is 2. The van der Waals surface area contributed by atoms with E-state index in [1.54, 1.807) is 32.2 Å². The molecule has 0 aliphatic heterocycles. The van der Waals surface area contributed by atoms with Crippen molar-refractivity contribution in [2.24, 2.45) is 11.8 Å². The van der Waals surface area contributed by atoms with Crippen LogP contribution in [0.3, 0.4) is 0 Å². The van der Waals surface area contributed by atoms with Crippen molar-refractivity contribution in [3.8, 4) is 0 Å². The number of benzene rings is 1. The first-order chi connectivity index (χ1) is 18.8. The molecule has 2 aromatic carbocycles. The van der Waals surface area contributed by atoms with Crippen LogP contribution < -0.4 is 21.4 Å². The molecule has 39 heavy (non-hydrogen) atoms. The molecule has 0 aromatic heterocycles. The van der Waals surface area contributed by atoms with Crippen LogP contribution in [0.4, 0.5) is 14.5 Å². The van der Waals surface area contributed by atoms with E-state index < -0.39 is 18.4 Å². The molecule has 8 heteroatoms. The summed E-state index contributed by atoms with van der Waals surface area (Å²) in [7, 11) is 1.61. The van der Waals surface area contributed by atoms with Gasteiger partial charge in [-0.15, -0.1) is 0 Å². The van der Waals surface area contributed by atoms with E-state index in [-0.39, 0.29) is 46.3 Å². The third-order valence-corrected chi connectivity index (χ3v) is 8.44. The van der Waals surface area contributed by atoms with Gasteiger partial charge in [0.25, 0.3) is 0 Å². The predicted molar refractivity (Wildman–Crippen MR) is 158 cm³/mol. The average Bonchev–Trinajstić information content (AvgIpc) is 3.10. The summed E-state index contributed by atoms with van der Waals surface area (Å²) in [4.78, 5) is 38.0. The lowest BCUT2D eigenvalue weighted by molar-refractivity contribution is -0.127. The molecule has 0 spiro atoms. The normalized spacial score (nSPS) is 19.9. The van der Waals surface area contributed by atoms with Gasteiger partial charge in [-0.25, -0.2) is 8.78 Å². The topological polar surface area (TPSA) is 87.3 Å². The van der Waals surface area contributed by atoms with Crippen molar-refractivity contribution in [2.75, 3.05) is 18.9 Å². The van der Waals surface area contributed by atoms with E-state index in [0.29, 0.717) is 42.3 Å². The SMILES string of the molecule is CCC(NC(=O)C1CCCCC1)C(F)CC(F)CNc1ccc2c(=O)c3c(ccc2c1)CCC(C(=O)NC)C3.[HH].[HH].[HH]. The van der Waals surface area contributed by atoms with Gasteiger partial charge < -0.3 is 16.0 Å². The van der Waals surface area contributed by atoms with Crippen molar-refractivity contribution < 1.29 is 22.6 Å². The monoisotopic (exact) mass is 547 g/mol. The maximum absolute atomic E-state index is 15.0. The summed E-state index contributed by atoms with van der Waals surface area (Å²) in [5.74, 6) is -0.418. The molecule has 3 N–H and O–H groups in total. The van der Waals surface area contributed by atoms with Crippen molar-refractivity contribution in [2.45, 2.75) is 89.5 Å². The Morgan fingerprint density at radius 2 is 1.79 bits per heavy atom. The summed E-state index contributed by atoms with van der Waals surface area (Å²) in [5.41, 5.74) is 2.22. The molecule has 0 bridgehead atoms. The first-order valence-corrected chi connectivity index (χ1v) is 14.4. The maximum atomic E-state index is 15.0. The van der Waals surface area contributed by atoms with Crippen LogP contribution in [0, 0.1) is 11.8 Å². The molecule has 0 radical (unpaired) electrons. The molecule has 218 valence electrons. The van der Waals surface area contributed by atoms with Crippen LogP contribution in [-0.2, 0) is 22.4 Å². The Bertz CT molecular complexity index is 1250. The Balaban J connectivity index is 0.00000294. The fraction of sp³-hybridized carbons (Fsp3) is 0.581. The van der Waals surface area contributed by atoms with E-state index in [4.69, 9.17) is 0 Å². The summed E-state index contributed by atoms with van der Waals surface area (Å²) in [5, 5.41) is 9.83. The van der Waals surface area contributed by atoms with Gasteiger partial charge in [0.15, 0.2) is 5.43 Å². The molecule has 2 aliphatic rings. The van der Waals surface area contributed by atoms with Crippen LogP contribution in [0.15, 0.2) is 35.1 Å². The van der Waals surface area contributed by atoms with Crippen LogP contribution in [-0.4, -0.2) is 43.8 Å². The minimum absolute atomic E-state index is 0. The Labute approximate surface area is 233 Å². The first-order valence-electron chi connectivity index (χ1n) is 14.4. The second-order valence-electron chi connectivity index (χ2n) is 11.1. The molecule has 4 rings (SSSR count). The summed E-state index contributed by atoms with van der Waals surface area (Å²) in [6.07, 6.45) is 3.86. The van der Waals surface area contributed by atoms with E-state index >= 15 is 0 Å². The summed E-state index contributed by atoms with van der Waals surface area (Å²) >= 11 is 0. The van der Waals surface area contributed by atoms with Gasteiger partial charge in [-0.3, -0.25) is 14.4 Å². The van der Waals surface area contributed by atoms with Gasteiger partial charge in [0.2, 0.25) is 11.8 Å². The summed E-state index contributed by atoms with van der Waals surface area (Å²) in [6, 6.07) is 8.41. The Hall–Kier alpha value is -3.03. The summed E-state index contributed by atoms with van der Waals surface area (Å²) in [6.45, 7) is 1.73. The Kier molecular flexibility index (Phi) is 9.92. The van der Waals surface area contributed by atoms with Crippen molar-refractivity contribution in [3.63, 3.8) is 0 Å². The quantitative estimate of drug-likeness (QED) is 0.354. The smallest absolute Gasteiger partial charge is 0.223 e. The van der Waals surface area contributed by atoms with E-state index in [1.165, 1.54) is 0 Å². The lowest BCUT2D eigenvalue weighted by atomic mass is 9.84. The number of halogens is 2. The maximum Gasteiger partial charge on any atom is 0.223 e. The molecule has 6 nitrogen and oxygen atoms in total. The highest BCUT2D eigenvalue weighted by Gasteiger charge is 2.29. The second kappa shape index (κ2) is 13.4. The molecule has 2 aliphatic carbocycles. The zero-order valence-corrected chi connectivity index (χ0v) is 23.0. The third-order valence-electron chi connectivity index (χ3n) is 8.44. The van der Waals surface area contributed by atoms with Crippen molar-refractivity contribution in [1.82, 2.24) is 10.6 Å². The van der Waals surface area contributed by atoms with Gasteiger partial charge in [-0.2, -0.15) is 0 Å². The largest absolute Gasteiger partial charge is 0.382 e. The van der Waals surface area contributed by atoms with Crippen LogP contribution in [0.1, 0.15) is 73.7 Å². The molecule has 0 heterocycles. The second-order valence-corrected chi connectivity index (χ2v) is 11.1. The number of carbonyl (C=O) groups excluding carboxylic acids is 2. The standard InChI is InChI=1S/C31H41F2N3O3.3H2/c1-3-28(36-31(39)20-7-5-4-6-8-20)27(33)17-23(32)18-35-24-13-14-25-21(15-24)11-9-19-10-12-22(30(38)34-2)16-26(19)29(25)37;;;/h9,11,13-15,20,22-23,27-28,35H,3-8,10,12,16-18H2,1-2H3,(H,34,38)(H,36,39);3*1H. The number of aryl methyl sites for hydroxylation is 1. The number of hydrogen-bond acceptors (Lipinski definition) is 4. The molecule has 2 amide bonds. The van der Waals surface area contributed by atoms with Gasteiger partial charge in [0.05, 0.1) is 6.04 Å². The molecular formula is C31H47F2N3O3. The highest BCUT2D eigenvalue weighted by atomic mass is 19.1. The van der Waals surface area contributed by atoms with Gasteiger partial charge in [0, 0.05) is 52.8 Å². The van der Waals surface area contributed by atoms with E-state index in [2.05, 4.69) is 16.0 Å². The Morgan fingerprint density at radius 3 is 2.51 bits per heavy atom. The van der Waals surface area contributed by atoms with Gasteiger partial charge >= 0.3 is 0 Å². The molecule has 0 saturated heterocycles. The fourth-order valence-corrected chi connectivity index (χ4v) is 6.01. The molecule has 4 unspecified atom stereocenters. The van der Waals surface area contributed by atoms with Gasteiger partial charge in [-0.1, -0.05) is 38.3 Å². The van der Waals surface area contributed by atoms with Crippen molar-refractivity contribution >= 4 is 28.3 Å². The number of hydrogen-bond donors (Lipinski definition) is 3. The van der Waals surface area contributed by atoms with Crippen molar-refractivity contribution in [1.29, 1.82) is 0 Å². The minimum atomic E-state index is -1.47. The van der Waals surface area contributed by atoms with E-state index in [0.717, 1.165) is 43.1 Å². The molecule has 1 saturated carbocycles. The molecular weight excluding hydrogens is 500 g/mol. The number of nitrogens with one attached hydrogen (secondary N) is 3. The number of amides is 2. The highest BCUT2D eigenvalue weighted by Crippen LogP contribution is 2.27. The fourth-order valence-electron chi connectivity index (χ4n) is 6.01. The van der Waals surface area contributed by atoms with Crippen LogP contribution in [0.5, 0.6) is 0 Å². The van der Waals surface area contributed by atoms with Gasteiger partial charge in [0.1, 0.15) is 12.3 Å². The zero-order valence-electron chi connectivity index (χ0n) is 23.0. The molecule has 4 atom stereocenters. The first kappa shape index (κ1) is 29.0. The number of fused-ring (bicyclic) bond motifs is 2. The van der Waals surface area contributed by atoms with Crippen LogP contribution in [0.25, 0.3) is 10.8 Å². The minimum Gasteiger partial charge on any atom is -0.382 e. The number of alkyl halides is 2.